The summed E-state index contributed by atoms with van der Waals surface area (Å²) in [5.74, 6) is 1.88. The summed E-state index contributed by atoms with van der Waals surface area (Å²) in [6.45, 7) is 16.9. The van der Waals surface area contributed by atoms with E-state index in [4.69, 9.17) is 0 Å². The van der Waals surface area contributed by atoms with Crippen molar-refractivity contribution in [3.63, 3.8) is 0 Å². The van der Waals surface area contributed by atoms with Gasteiger partial charge in [-0.2, -0.15) is 0 Å². The maximum Gasteiger partial charge on any atom is 0.00968 e. The predicted octanol–water partition coefficient (Wildman–Crippen LogP) is 5.08. The van der Waals surface area contributed by atoms with Crippen molar-refractivity contribution in [2.75, 3.05) is 0 Å². The van der Waals surface area contributed by atoms with Gasteiger partial charge in [0.2, 0.25) is 0 Å². The molecule has 0 rings (SSSR count). The summed E-state index contributed by atoms with van der Waals surface area (Å²) >= 11 is 4.39. The fourth-order valence-electron chi connectivity index (χ4n) is 2.02. The lowest BCUT2D eigenvalue weighted by molar-refractivity contribution is 0.312. The molecule has 2 unspecified atom stereocenters. The van der Waals surface area contributed by atoms with E-state index < -0.39 is 0 Å². The molecule has 0 nitrogen and oxygen atoms in total. The molecule has 0 saturated carbocycles. The normalized spacial score (nSPS) is 15.1. The Hall–Kier alpha value is -0.170. The van der Waals surface area contributed by atoms with Gasteiger partial charge in [-0.3, -0.25) is 0 Å². The molecule has 0 fully saturated rings. The van der Waals surface area contributed by atoms with Crippen molar-refractivity contribution in [3.8, 4) is 0 Å². The summed E-state index contributed by atoms with van der Waals surface area (Å²) in [4.78, 5) is 0.962. The zero-order valence-electron chi connectivity index (χ0n) is 10.7. The minimum Gasteiger partial charge on any atom is -0.148 e. The average molecular weight is 226 g/mol. The maximum absolute atomic E-state index is 4.39. The predicted molar refractivity (Wildman–Crippen MR) is 74.3 cm³/mol. The third-order valence-electron chi connectivity index (χ3n) is 3.14. The minimum absolute atomic E-state index is 0.382. The Kier molecular flexibility index (Phi) is 7.08. The van der Waals surface area contributed by atoms with Crippen LogP contribution >= 0.6 is 12.6 Å². The molecule has 0 aliphatic heterocycles. The van der Waals surface area contributed by atoms with Crippen LogP contribution in [-0.2, 0) is 0 Å². The molecule has 0 amide bonds. The van der Waals surface area contributed by atoms with Gasteiger partial charge < -0.3 is 0 Å². The topological polar surface area (TPSA) is 0 Å². The van der Waals surface area contributed by atoms with Gasteiger partial charge in [0.1, 0.15) is 0 Å². The largest absolute Gasteiger partial charge is 0.148 e. The molecule has 0 N–H and O–H groups in total. The molecule has 0 aromatic heterocycles. The van der Waals surface area contributed by atoms with E-state index >= 15 is 0 Å². The van der Waals surface area contributed by atoms with Crippen LogP contribution in [0.1, 0.15) is 47.0 Å². The first kappa shape index (κ1) is 14.8. The van der Waals surface area contributed by atoms with Crippen molar-refractivity contribution in [1.82, 2.24) is 0 Å². The molecule has 0 aliphatic rings. The van der Waals surface area contributed by atoms with Crippen molar-refractivity contribution < 1.29 is 0 Å². The second kappa shape index (κ2) is 7.16. The summed E-state index contributed by atoms with van der Waals surface area (Å²) in [6.07, 6.45) is 3.70. The third kappa shape index (κ3) is 5.46. The van der Waals surface area contributed by atoms with Gasteiger partial charge in [0.05, 0.1) is 0 Å². The van der Waals surface area contributed by atoms with Crippen LogP contribution in [0, 0.1) is 17.8 Å². The number of thiol groups is 1. The van der Waals surface area contributed by atoms with Crippen molar-refractivity contribution in [2.45, 2.75) is 47.0 Å². The Morgan fingerprint density at radius 1 is 1.27 bits per heavy atom. The summed E-state index contributed by atoms with van der Waals surface area (Å²) in [7, 11) is 0. The van der Waals surface area contributed by atoms with Crippen molar-refractivity contribution in [2.24, 2.45) is 17.8 Å². The van der Waals surface area contributed by atoms with Gasteiger partial charge >= 0.3 is 0 Å². The molecule has 0 aromatic rings. The van der Waals surface area contributed by atoms with Crippen LogP contribution in [0.2, 0.25) is 0 Å². The first-order valence-corrected chi connectivity index (χ1v) is 6.38. The van der Waals surface area contributed by atoms with E-state index in [9.17, 15) is 0 Å². The molecular weight excluding hydrogens is 200 g/mol. The molecule has 0 radical (unpaired) electrons. The summed E-state index contributed by atoms with van der Waals surface area (Å²) in [5.41, 5.74) is 1.19. The van der Waals surface area contributed by atoms with E-state index in [-0.39, 0.29) is 0 Å². The van der Waals surface area contributed by atoms with Gasteiger partial charge in [0.25, 0.3) is 0 Å². The van der Waals surface area contributed by atoms with Gasteiger partial charge in [-0.25, -0.2) is 0 Å². The van der Waals surface area contributed by atoms with Gasteiger partial charge in [-0.05, 0) is 30.1 Å². The van der Waals surface area contributed by atoms with Crippen LogP contribution < -0.4 is 0 Å². The fourth-order valence-corrected chi connectivity index (χ4v) is 2.34. The molecule has 0 aliphatic carbocycles. The van der Waals surface area contributed by atoms with Crippen LogP contribution in [0.15, 0.2) is 23.6 Å². The highest BCUT2D eigenvalue weighted by Gasteiger charge is 2.20. The molecule has 15 heavy (non-hydrogen) atoms. The SMILES string of the molecule is C=C(C)C(CC(CCC)C(C)C)C(=C)S. The lowest BCUT2D eigenvalue weighted by Crippen LogP contribution is -2.15. The first-order chi connectivity index (χ1) is 6.90. The van der Waals surface area contributed by atoms with Crippen LogP contribution in [0.3, 0.4) is 0 Å². The Balaban J connectivity index is 4.46. The maximum atomic E-state index is 4.39. The zero-order valence-corrected chi connectivity index (χ0v) is 11.6. The lowest BCUT2D eigenvalue weighted by atomic mass is 9.81. The molecule has 1 heteroatoms. The number of hydrogen-bond acceptors (Lipinski definition) is 1. The van der Waals surface area contributed by atoms with Gasteiger partial charge in [-0.15, -0.1) is 12.6 Å². The van der Waals surface area contributed by atoms with Gasteiger partial charge in [-0.1, -0.05) is 52.3 Å². The number of allylic oxidation sites excluding steroid dienone is 2. The number of hydrogen-bond donors (Lipinski definition) is 1. The van der Waals surface area contributed by atoms with Crippen molar-refractivity contribution in [1.29, 1.82) is 0 Å². The summed E-state index contributed by atoms with van der Waals surface area (Å²) in [5, 5.41) is 0. The molecule has 0 aromatic carbocycles. The van der Waals surface area contributed by atoms with E-state index in [1.807, 2.05) is 0 Å². The second-order valence-electron chi connectivity index (χ2n) is 4.92. The van der Waals surface area contributed by atoms with Gasteiger partial charge in [0, 0.05) is 5.92 Å². The minimum atomic E-state index is 0.382. The van der Waals surface area contributed by atoms with E-state index in [2.05, 4.69) is 53.5 Å². The van der Waals surface area contributed by atoms with Crippen molar-refractivity contribution in [3.05, 3.63) is 23.6 Å². The summed E-state index contributed by atoms with van der Waals surface area (Å²) < 4.78 is 0. The second-order valence-corrected chi connectivity index (χ2v) is 5.49. The van der Waals surface area contributed by atoms with E-state index in [1.54, 1.807) is 0 Å². The van der Waals surface area contributed by atoms with Crippen LogP contribution in [-0.4, -0.2) is 0 Å². The standard InChI is InChI=1S/C14H26S/c1-7-8-13(10(2)3)9-14(11(4)5)12(6)15/h10,13-15H,4,6-9H2,1-3,5H3. The fraction of sp³-hybridized carbons (Fsp3) is 0.714. The average Bonchev–Trinajstić information content (AvgIpc) is 2.10. The van der Waals surface area contributed by atoms with Crippen LogP contribution in [0.5, 0.6) is 0 Å². The molecule has 0 bridgehead atoms. The smallest absolute Gasteiger partial charge is 0.00968 e. The number of rotatable bonds is 7. The van der Waals surface area contributed by atoms with Crippen LogP contribution in [0.4, 0.5) is 0 Å². The summed E-state index contributed by atoms with van der Waals surface area (Å²) in [6, 6.07) is 0. The Morgan fingerprint density at radius 3 is 2.07 bits per heavy atom. The first-order valence-electron chi connectivity index (χ1n) is 5.93. The Bertz CT molecular complexity index is 201. The van der Waals surface area contributed by atoms with Crippen LogP contribution in [0.25, 0.3) is 0 Å². The lowest BCUT2D eigenvalue weighted by Gasteiger charge is -2.26. The van der Waals surface area contributed by atoms with Gasteiger partial charge in [0.15, 0.2) is 0 Å². The van der Waals surface area contributed by atoms with E-state index in [0.29, 0.717) is 5.92 Å². The highest BCUT2D eigenvalue weighted by atomic mass is 32.1. The zero-order chi connectivity index (χ0) is 12.0. The third-order valence-corrected chi connectivity index (χ3v) is 3.45. The molecule has 0 saturated heterocycles. The van der Waals surface area contributed by atoms with Crippen molar-refractivity contribution >= 4 is 12.6 Å². The Labute approximate surface area is 101 Å². The molecule has 0 heterocycles. The molecule has 0 spiro atoms. The quantitative estimate of drug-likeness (QED) is 0.454. The monoisotopic (exact) mass is 226 g/mol. The van der Waals surface area contributed by atoms with E-state index in [1.165, 1.54) is 18.4 Å². The molecule has 2 atom stereocenters. The van der Waals surface area contributed by atoms with E-state index in [0.717, 1.165) is 23.2 Å². The Morgan fingerprint density at radius 2 is 1.80 bits per heavy atom. The molecule has 88 valence electrons. The highest BCUT2D eigenvalue weighted by Crippen LogP contribution is 2.32. The molecular formula is C14H26S. The highest BCUT2D eigenvalue weighted by molar-refractivity contribution is 7.84.